The topological polar surface area (TPSA) is 21.7 Å². The van der Waals surface area contributed by atoms with Crippen LogP contribution in [0.15, 0.2) is 46.9 Å². The molecule has 0 aliphatic carbocycles. The van der Waals surface area contributed by atoms with Crippen molar-refractivity contribution >= 4 is 27.5 Å². The second-order valence-electron chi connectivity index (χ2n) is 6.06. The Bertz CT molecular complexity index is 660. The maximum atomic E-state index is 5.96. The molecule has 0 saturated heterocycles. The zero-order valence-electron chi connectivity index (χ0n) is 15.5. The van der Waals surface area contributed by atoms with Crippen molar-refractivity contribution in [3.05, 3.63) is 63.1 Å². The van der Waals surface area contributed by atoms with Gasteiger partial charge in [-0.3, -0.25) is 0 Å². The van der Waals surface area contributed by atoms with Gasteiger partial charge in [0.1, 0.15) is 12.4 Å². The Morgan fingerprint density at radius 1 is 1.00 bits per heavy atom. The molecule has 0 heterocycles. The molecule has 0 atom stereocenters. The van der Waals surface area contributed by atoms with Crippen LogP contribution in [0.5, 0.6) is 5.75 Å². The van der Waals surface area contributed by atoms with E-state index in [0.717, 1.165) is 46.9 Å². The van der Waals surface area contributed by atoms with Crippen LogP contribution in [0.4, 0.5) is 0 Å². The van der Waals surface area contributed by atoms with Crippen molar-refractivity contribution in [2.75, 3.05) is 32.8 Å². The minimum absolute atomic E-state index is 0.535. The van der Waals surface area contributed by atoms with E-state index in [4.69, 9.17) is 21.1 Å². The summed E-state index contributed by atoms with van der Waals surface area (Å²) < 4.78 is 12.7. The van der Waals surface area contributed by atoms with Gasteiger partial charge in [-0.2, -0.15) is 0 Å². The highest BCUT2D eigenvalue weighted by atomic mass is 79.9. The number of hydrogen-bond acceptors (Lipinski definition) is 3. The highest BCUT2D eigenvalue weighted by Crippen LogP contribution is 2.24. The molecule has 26 heavy (non-hydrogen) atoms. The number of hydrogen-bond donors (Lipinski definition) is 0. The molecule has 0 N–H and O–H groups in total. The number of likely N-dealkylation sites (N-methyl/N-ethyl adjacent to an activating group) is 1. The van der Waals surface area contributed by atoms with Crippen LogP contribution >= 0.6 is 27.5 Å². The summed E-state index contributed by atoms with van der Waals surface area (Å²) in [6.45, 7) is 9.21. The lowest BCUT2D eigenvalue weighted by atomic mass is 10.1. The van der Waals surface area contributed by atoms with E-state index in [0.29, 0.717) is 19.8 Å². The van der Waals surface area contributed by atoms with Crippen LogP contribution in [0.2, 0.25) is 5.02 Å². The van der Waals surface area contributed by atoms with E-state index in [9.17, 15) is 0 Å². The van der Waals surface area contributed by atoms with Crippen molar-refractivity contribution in [2.24, 2.45) is 0 Å². The van der Waals surface area contributed by atoms with Crippen LogP contribution in [0, 0.1) is 0 Å². The molecule has 0 fully saturated rings. The zero-order chi connectivity index (χ0) is 18.8. The molecule has 2 rings (SSSR count). The van der Waals surface area contributed by atoms with Gasteiger partial charge in [0.05, 0.1) is 13.2 Å². The molecule has 0 saturated carbocycles. The normalized spacial score (nSPS) is 11.1. The number of rotatable bonds is 11. The predicted molar refractivity (Wildman–Crippen MR) is 112 cm³/mol. The van der Waals surface area contributed by atoms with Gasteiger partial charge in [0, 0.05) is 16.0 Å². The van der Waals surface area contributed by atoms with E-state index in [2.05, 4.69) is 40.7 Å². The summed E-state index contributed by atoms with van der Waals surface area (Å²) in [5.41, 5.74) is 2.34. The van der Waals surface area contributed by atoms with Crippen molar-refractivity contribution in [1.29, 1.82) is 0 Å². The van der Waals surface area contributed by atoms with Gasteiger partial charge in [0.25, 0.3) is 0 Å². The molecule has 3 nitrogen and oxygen atoms in total. The second kappa shape index (κ2) is 11.6. The van der Waals surface area contributed by atoms with E-state index >= 15 is 0 Å². The first kappa shape index (κ1) is 21.2. The standard InChI is InChI=1S/C21H27BrClNO2/c1-3-24(4-2)12-11-18-15-19(22)7-10-21(18)26-14-13-25-16-17-5-8-20(23)9-6-17/h5-10,15H,3-4,11-14,16H2,1-2H3. The summed E-state index contributed by atoms with van der Waals surface area (Å²) >= 11 is 9.44. The number of benzene rings is 2. The molecule has 0 amide bonds. The highest BCUT2D eigenvalue weighted by molar-refractivity contribution is 9.10. The van der Waals surface area contributed by atoms with E-state index in [-0.39, 0.29) is 0 Å². The Balaban J connectivity index is 1.79. The van der Waals surface area contributed by atoms with Crippen LogP contribution < -0.4 is 4.74 Å². The SMILES string of the molecule is CCN(CC)CCc1cc(Br)ccc1OCCOCc1ccc(Cl)cc1. The Hall–Kier alpha value is -1.07. The van der Waals surface area contributed by atoms with Gasteiger partial charge in [-0.15, -0.1) is 0 Å². The molecule has 0 spiro atoms. The molecule has 5 heteroatoms. The summed E-state index contributed by atoms with van der Waals surface area (Å²) in [4.78, 5) is 2.42. The van der Waals surface area contributed by atoms with Gasteiger partial charge in [-0.05, 0) is 61.0 Å². The summed E-state index contributed by atoms with van der Waals surface area (Å²) in [7, 11) is 0. The summed E-state index contributed by atoms with van der Waals surface area (Å²) in [5.74, 6) is 0.940. The van der Waals surface area contributed by atoms with Crippen LogP contribution in [0.1, 0.15) is 25.0 Å². The zero-order valence-corrected chi connectivity index (χ0v) is 17.9. The number of ether oxygens (including phenoxy) is 2. The van der Waals surface area contributed by atoms with Gasteiger partial charge in [-0.1, -0.05) is 53.5 Å². The first-order chi connectivity index (χ1) is 12.6. The fourth-order valence-corrected chi connectivity index (χ4v) is 3.22. The molecule has 0 aliphatic rings. The molecule has 142 valence electrons. The highest BCUT2D eigenvalue weighted by Gasteiger charge is 2.07. The van der Waals surface area contributed by atoms with Crippen LogP contribution in [-0.4, -0.2) is 37.7 Å². The second-order valence-corrected chi connectivity index (χ2v) is 7.41. The maximum Gasteiger partial charge on any atom is 0.122 e. The van der Waals surface area contributed by atoms with Gasteiger partial charge >= 0.3 is 0 Å². The Morgan fingerprint density at radius 3 is 2.42 bits per heavy atom. The van der Waals surface area contributed by atoms with Gasteiger partial charge in [0.2, 0.25) is 0 Å². The molecule has 0 bridgehead atoms. The van der Waals surface area contributed by atoms with Crippen molar-refractivity contribution in [3.63, 3.8) is 0 Å². The third kappa shape index (κ3) is 7.28. The lowest BCUT2D eigenvalue weighted by Gasteiger charge is -2.19. The average Bonchev–Trinajstić information content (AvgIpc) is 2.65. The number of nitrogens with zero attached hydrogens (tertiary/aromatic N) is 1. The van der Waals surface area contributed by atoms with Gasteiger partial charge in [-0.25, -0.2) is 0 Å². The molecular weight excluding hydrogens is 414 g/mol. The van der Waals surface area contributed by atoms with E-state index in [1.807, 2.05) is 36.4 Å². The lowest BCUT2D eigenvalue weighted by Crippen LogP contribution is -2.25. The van der Waals surface area contributed by atoms with E-state index in [1.165, 1.54) is 5.56 Å². The fourth-order valence-electron chi connectivity index (χ4n) is 2.68. The maximum absolute atomic E-state index is 5.96. The minimum Gasteiger partial charge on any atom is -0.491 e. The Labute approximate surface area is 170 Å². The van der Waals surface area contributed by atoms with Gasteiger partial charge < -0.3 is 14.4 Å². The Kier molecular flexibility index (Phi) is 9.48. The number of halogens is 2. The smallest absolute Gasteiger partial charge is 0.122 e. The van der Waals surface area contributed by atoms with Crippen LogP contribution in [-0.2, 0) is 17.8 Å². The van der Waals surface area contributed by atoms with Crippen molar-refractivity contribution < 1.29 is 9.47 Å². The van der Waals surface area contributed by atoms with Crippen molar-refractivity contribution in [2.45, 2.75) is 26.9 Å². The molecule has 0 aliphatic heterocycles. The first-order valence-electron chi connectivity index (χ1n) is 9.08. The summed E-state index contributed by atoms with van der Waals surface area (Å²) in [6, 6.07) is 13.9. The molecule has 0 unspecified atom stereocenters. The van der Waals surface area contributed by atoms with Crippen molar-refractivity contribution in [3.8, 4) is 5.75 Å². The molecule has 2 aromatic rings. The van der Waals surface area contributed by atoms with Crippen LogP contribution in [0.3, 0.4) is 0 Å². The quantitative estimate of drug-likeness (QED) is 0.426. The first-order valence-corrected chi connectivity index (χ1v) is 10.2. The largest absolute Gasteiger partial charge is 0.491 e. The fraction of sp³-hybridized carbons (Fsp3) is 0.429. The predicted octanol–water partition coefficient (Wildman–Crippen LogP) is 5.58. The third-order valence-corrected chi connectivity index (χ3v) is 5.03. The van der Waals surface area contributed by atoms with Gasteiger partial charge in [0.15, 0.2) is 0 Å². The molecule has 0 aromatic heterocycles. The van der Waals surface area contributed by atoms with E-state index in [1.54, 1.807) is 0 Å². The average molecular weight is 441 g/mol. The summed E-state index contributed by atoms with van der Waals surface area (Å²) in [5, 5.41) is 0.740. The van der Waals surface area contributed by atoms with Crippen molar-refractivity contribution in [1.82, 2.24) is 4.90 Å². The van der Waals surface area contributed by atoms with Crippen LogP contribution in [0.25, 0.3) is 0 Å². The Morgan fingerprint density at radius 2 is 1.73 bits per heavy atom. The minimum atomic E-state index is 0.535. The lowest BCUT2D eigenvalue weighted by molar-refractivity contribution is 0.0885. The van der Waals surface area contributed by atoms with E-state index < -0.39 is 0 Å². The third-order valence-electron chi connectivity index (χ3n) is 4.28. The monoisotopic (exact) mass is 439 g/mol. The molecule has 2 aromatic carbocycles. The molecule has 0 radical (unpaired) electrons. The summed E-state index contributed by atoms with van der Waals surface area (Å²) in [6.07, 6.45) is 0.974. The molecular formula is C21H27BrClNO2.